The maximum atomic E-state index is 3.84. The largest absolute Gasteiger partial charge is 0.0839 e. The summed E-state index contributed by atoms with van der Waals surface area (Å²) in [5.41, 5.74) is 4.23. The summed E-state index contributed by atoms with van der Waals surface area (Å²) in [6, 6.07) is 6.84. The third-order valence-corrected chi connectivity index (χ3v) is 4.94. The molecule has 108 valence electrons. The van der Waals surface area contributed by atoms with Gasteiger partial charge in [0.2, 0.25) is 0 Å². The van der Waals surface area contributed by atoms with Gasteiger partial charge in [0, 0.05) is 4.83 Å². The minimum atomic E-state index is 0.530. The minimum Gasteiger partial charge on any atom is -0.0839 e. The van der Waals surface area contributed by atoms with E-state index in [4.69, 9.17) is 0 Å². The molecule has 1 unspecified atom stereocenters. The van der Waals surface area contributed by atoms with Gasteiger partial charge in [-0.15, -0.1) is 0 Å². The van der Waals surface area contributed by atoms with Crippen molar-refractivity contribution in [2.75, 3.05) is 0 Å². The zero-order valence-electron chi connectivity index (χ0n) is 12.8. The Morgan fingerprint density at radius 1 is 0.895 bits per heavy atom. The lowest BCUT2D eigenvalue weighted by Crippen LogP contribution is -1.93. The lowest BCUT2D eigenvalue weighted by Gasteiger charge is -2.12. The Bertz CT molecular complexity index is 357. The van der Waals surface area contributed by atoms with E-state index in [1.54, 1.807) is 0 Å². The van der Waals surface area contributed by atoms with E-state index in [1.165, 1.54) is 68.1 Å². The number of rotatable bonds is 9. The van der Waals surface area contributed by atoms with Gasteiger partial charge in [-0.1, -0.05) is 86.0 Å². The van der Waals surface area contributed by atoms with Crippen molar-refractivity contribution in [1.29, 1.82) is 0 Å². The van der Waals surface area contributed by atoms with E-state index in [1.807, 2.05) is 0 Å². The third-order valence-electron chi connectivity index (χ3n) is 3.95. The highest BCUT2D eigenvalue weighted by molar-refractivity contribution is 9.09. The second kappa shape index (κ2) is 9.58. The fraction of sp³-hybridized carbons (Fsp3) is 0.667. The van der Waals surface area contributed by atoms with Crippen LogP contribution in [0, 0.1) is 13.8 Å². The summed E-state index contributed by atoms with van der Waals surface area (Å²) >= 11 is 3.84. The Hall–Kier alpha value is -0.300. The molecule has 1 rings (SSSR count). The lowest BCUT2D eigenvalue weighted by molar-refractivity contribution is 0.574. The van der Waals surface area contributed by atoms with Crippen LogP contribution in [-0.4, -0.2) is 0 Å². The highest BCUT2D eigenvalue weighted by Gasteiger charge is 2.07. The molecule has 0 saturated carbocycles. The molecule has 0 nitrogen and oxygen atoms in total. The second-order valence-electron chi connectivity index (χ2n) is 5.72. The molecule has 0 aromatic heterocycles. The molecule has 1 aromatic carbocycles. The van der Waals surface area contributed by atoms with Crippen molar-refractivity contribution in [3.05, 3.63) is 34.9 Å². The van der Waals surface area contributed by atoms with Crippen LogP contribution in [0.25, 0.3) is 0 Å². The molecule has 0 aliphatic carbocycles. The summed E-state index contributed by atoms with van der Waals surface area (Å²) in [5, 5.41) is 0. The summed E-state index contributed by atoms with van der Waals surface area (Å²) in [7, 11) is 0. The zero-order valence-corrected chi connectivity index (χ0v) is 14.4. The lowest BCUT2D eigenvalue weighted by atomic mass is 10.0. The van der Waals surface area contributed by atoms with E-state index < -0.39 is 0 Å². The highest BCUT2D eigenvalue weighted by Crippen LogP contribution is 2.30. The van der Waals surface area contributed by atoms with Crippen molar-refractivity contribution in [2.24, 2.45) is 0 Å². The fourth-order valence-corrected chi connectivity index (χ4v) is 3.02. The Labute approximate surface area is 128 Å². The molecule has 0 radical (unpaired) electrons. The maximum absolute atomic E-state index is 3.84. The van der Waals surface area contributed by atoms with Gasteiger partial charge in [-0.2, -0.15) is 0 Å². The molecule has 0 aliphatic rings. The third kappa shape index (κ3) is 6.61. The molecule has 0 aliphatic heterocycles. The molecule has 0 fully saturated rings. The van der Waals surface area contributed by atoms with Gasteiger partial charge in [-0.3, -0.25) is 0 Å². The van der Waals surface area contributed by atoms with E-state index in [-0.39, 0.29) is 0 Å². The molecule has 1 atom stereocenters. The second-order valence-corrected chi connectivity index (χ2v) is 6.83. The normalized spacial score (nSPS) is 12.6. The van der Waals surface area contributed by atoms with Crippen LogP contribution in [0.5, 0.6) is 0 Å². The number of unbranched alkanes of at least 4 members (excludes halogenated alkanes) is 6. The van der Waals surface area contributed by atoms with Crippen molar-refractivity contribution in [3.63, 3.8) is 0 Å². The molecule has 0 bridgehead atoms. The standard InChI is InChI=1S/C18H29Br/c1-4-5-6-7-8-9-10-11-18(19)17-13-12-15(2)16(3)14-17/h12-14,18H,4-11H2,1-3H3. The maximum Gasteiger partial charge on any atom is 0.0395 e. The summed E-state index contributed by atoms with van der Waals surface area (Å²) in [4.78, 5) is 0.530. The molecular weight excluding hydrogens is 296 g/mol. The van der Waals surface area contributed by atoms with E-state index in [9.17, 15) is 0 Å². The van der Waals surface area contributed by atoms with Gasteiger partial charge >= 0.3 is 0 Å². The molecule has 0 N–H and O–H groups in total. The number of halogens is 1. The van der Waals surface area contributed by atoms with E-state index >= 15 is 0 Å². The smallest absolute Gasteiger partial charge is 0.0395 e. The van der Waals surface area contributed by atoms with Crippen molar-refractivity contribution in [2.45, 2.75) is 77.0 Å². The van der Waals surface area contributed by atoms with Crippen LogP contribution in [0.2, 0.25) is 0 Å². The first-order valence-corrected chi connectivity index (χ1v) is 8.78. The van der Waals surface area contributed by atoms with Gasteiger partial charge in [0.05, 0.1) is 0 Å². The van der Waals surface area contributed by atoms with E-state index in [0.717, 1.165) is 0 Å². The van der Waals surface area contributed by atoms with Crippen LogP contribution >= 0.6 is 15.9 Å². The Morgan fingerprint density at radius 3 is 2.16 bits per heavy atom. The van der Waals surface area contributed by atoms with Gasteiger partial charge < -0.3 is 0 Å². The predicted octanol–water partition coefficient (Wildman–Crippen LogP) is 6.88. The first kappa shape index (κ1) is 16.8. The molecule has 1 aromatic rings. The number of hydrogen-bond donors (Lipinski definition) is 0. The Kier molecular flexibility index (Phi) is 8.45. The summed E-state index contributed by atoms with van der Waals surface area (Å²) < 4.78 is 0. The first-order chi connectivity index (χ1) is 9.15. The number of aryl methyl sites for hydroxylation is 2. The summed E-state index contributed by atoms with van der Waals surface area (Å²) in [6.07, 6.45) is 11.0. The van der Waals surface area contributed by atoms with E-state index in [2.05, 4.69) is 54.9 Å². The van der Waals surface area contributed by atoms with Gasteiger partial charge in [-0.25, -0.2) is 0 Å². The molecule has 0 heterocycles. The Balaban J connectivity index is 2.20. The van der Waals surface area contributed by atoms with Crippen LogP contribution in [-0.2, 0) is 0 Å². The molecule has 19 heavy (non-hydrogen) atoms. The molecule has 0 saturated heterocycles. The predicted molar refractivity (Wildman–Crippen MR) is 90.2 cm³/mol. The van der Waals surface area contributed by atoms with Gasteiger partial charge in [0.1, 0.15) is 0 Å². The summed E-state index contributed by atoms with van der Waals surface area (Å²) in [5.74, 6) is 0. The Morgan fingerprint density at radius 2 is 1.53 bits per heavy atom. The molecule has 0 amide bonds. The van der Waals surface area contributed by atoms with Gasteiger partial charge in [-0.05, 0) is 37.0 Å². The average molecular weight is 325 g/mol. The van der Waals surface area contributed by atoms with Crippen LogP contribution in [0.1, 0.15) is 79.8 Å². The van der Waals surface area contributed by atoms with Crippen molar-refractivity contribution < 1.29 is 0 Å². The molecule has 0 spiro atoms. The topological polar surface area (TPSA) is 0 Å². The van der Waals surface area contributed by atoms with Crippen molar-refractivity contribution in [1.82, 2.24) is 0 Å². The van der Waals surface area contributed by atoms with Crippen molar-refractivity contribution in [3.8, 4) is 0 Å². The quantitative estimate of drug-likeness (QED) is 0.343. The summed E-state index contributed by atoms with van der Waals surface area (Å²) in [6.45, 7) is 6.66. The number of hydrogen-bond acceptors (Lipinski definition) is 0. The first-order valence-electron chi connectivity index (χ1n) is 7.86. The monoisotopic (exact) mass is 324 g/mol. The van der Waals surface area contributed by atoms with Crippen LogP contribution in [0.3, 0.4) is 0 Å². The zero-order chi connectivity index (χ0) is 14.1. The highest BCUT2D eigenvalue weighted by atomic mass is 79.9. The van der Waals surface area contributed by atoms with Gasteiger partial charge in [0.25, 0.3) is 0 Å². The SMILES string of the molecule is CCCCCCCCCC(Br)c1ccc(C)c(C)c1. The number of alkyl halides is 1. The van der Waals surface area contributed by atoms with Crippen LogP contribution in [0.4, 0.5) is 0 Å². The van der Waals surface area contributed by atoms with Crippen LogP contribution < -0.4 is 0 Å². The van der Waals surface area contributed by atoms with E-state index in [0.29, 0.717) is 4.83 Å². The number of benzene rings is 1. The minimum absolute atomic E-state index is 0.530. The molecule has 1 heteroatoms. The van der Waals surface area contributed by atoms with Gasteiger partial charge in [0.15, 0.2) is 0 Å². The fourth-order valence-electron chi connectivity index (χ4n) is 2.41. The van der Waals surface area contributed by atoms with Crippen molar-refractivity contribution >= 4 is 15.9 Å². The average Bonchev–Trinajstić information content (AvgIpc) is 2.40. The molecular formula is C18H29Br. The van der Waals surface area contributed by atoms with Crippen LogP contribution in [0.15, 0.2) is 18.2 Å².